The molecule has 2 aromatic carbocycles. The molecule has 7 nitrogen and oxygen atoms in total. The minimum atomic E-state index is -3.77. The number of rotatable bonds is 5. The number of anilines is 1. The van der Waals surface area contributed by atoms with E-state index < -0.39 is 31.3 Å². The van der Waals surface area contributed by atoms with E-state index in [1.807, 2.05) is 0 Å². The third kappa shape index (κ3) is 3.84. The molecule has 0 bridgehead atoms. The predicted octanol–water partition coefficient (Wildman–Crippen LogP) is 1.33. The Morgan fingerprint density at radius 3 is 2.16 bits per heavy atom. The van der Waals surface area contributed by atoms with Crippen molar-refractivity contribution < 1.29 is 21.6 Å². The molecule has 134 valence electrons. The molecule has 0 aromatic heterocycles. The molecule has 0 aliphatic carbocycles. The number of nitrogens with two attached hydrogens (primary N) is 1. The number of sulfonamides is 1. The van der Waals surface area contributed by atoms with Crippen molar-refractivity contribution in [2.24, 2.45) is 5.14 Å². The van der Waals surface area contributed by atoms with Crippen LogP contribution in [0.1, 0.15) is 6.42 Å². The third-order valence-electron chi connectivity index (χ3n) is 3.95. The molecule has 1 heterocycles. The fourth-order valence-corrected chi connectivity index (χ4v) is 4.94. The van der Waals surface area contributed by atoms with Gasteiger partial charge < -0.3 is 10.1 Å². The lowest BCUT2D eigenvalue weighted by atomic mass is 10.2. The fraction of sp³-hybridized carbons (Fsp3) is 0.250. The maximum absolute atomic E-state index is 12.8. The number of hydrogen-bond acceptors (Lipinski definition) is 6. The van der Waals surface area contributed by atoms with Gasteiger partial charge in [-0.05, 0) is 42.8 Å². The number of sulfone groups is 1. The Morgan fingerprint density at radius 2 is 1.56 bits per heavy atom. The molecular formula is C16H18N2O5S2. The Labute approximate surface area is 146 Å². The summed E-state index contributed by atoms with van der Waals surface area (Å²) in [5, 5.41) is 8.17. The zero-order valence-corrected chi connectivity index (χ0v) is 14.8. The highest BCUT2D eigenvalue weighted by Crippen LogP contribution is 2.28. The molecule has 1 aliphatic heterocycles. The van der Waals surface area contributed by atoms with Crippen LogP contribution >= 0.6 is 0 Å². The average molecular weight is 382 g/mol. The zero-order valence-electron chi connectivity index (χ0n) is 13.2. The summed E-state index contributed by atoms with van der Waals surface area (Å²) in [6.07, 6.45) is 0.521. The molecule has 25 heavy (non-hydrogen) atoms. The summed E-state index contributed by atoms with van der Waals surface area (Å²) in [6, 6.07) is 13.5. The Morgan fingerprint density at radius 1 is 0.920 bits per heavy atom. The quantitative estimate of drug-likeness (QED) is 0.806. The van der Waals surface area contributed by atoms with Crippen LogP contribution in [0.15, 0.2) is 64.4 Å². The van der Waals surface area contributed by atoms with Gasteiger partial charge in [0.1, 0.15) is 0 Å². The standard InChI is InChI=1S/C16H18N2O5S2/c17-25(21,22)14-8-6-12(7-9-14)18-15-10-11-23-16(15)24(19,20)13-4-2-1-3-5-13/h1-9,15-16,18H,10-11H2,(H2,17,21,22). The Kier molecular flexibility index (Phi) is 4.83. The molecule has 0 radical (unpaired) electrons. The monoisotopic (exact) mass is 382 g/mol. The molecular weight excluding hydrogens is 364 g/mol. The van der Waals surface area contributed by atoms with Crippen molar-refractivity contribution in [1.82, 2.24) is 0 Å². The first kappa shape index (κ1) is 17.9. The largest absolute Gasteiger partial charge is 0.379 e. The van der Waals surface area contributed by atoms with Crippen LogP contribution in [-0.2, 0) is 24.6 Å². The maximum atomic E-state index is 12.8. The lowest BCUT2D eigenvalue weighted by Gasteiger charge is -2.21. The van der Waals surface area contributed by atoms with E-state index in [9.17, 15) is 16.8 Å². The van der Waals surface area contributed by atoms with Gasteiger partial charge in [0.05, 0.1) is 22.4 Å². The summed E-state index contributed by atoms with van der Waals surface area (Å²) < 4.78 is 53.6. The van der Waals surface area contributed by atoms with Gasteiger partial charge in [0.25, 0.3) is 0 Å². The minimum absolute atomic E-state index is 0.00539. The number of ether oxygens (including phenoxy) is 1. The topological polar surface area (TPSA) is 116 Å². The van der Waals surface area contributed by atoms with E-state index >= 15 is 0 Å². The maximum Gasteiger partial charge on any atom is 0.238 e. The highest BCUT2D eigenvalue weighted by atomic mass is 32.2. The molecule has 2 aromatic rings. The van der Waals surface area contributed by atoms with Gasteiger partial charge in [-0.1, -0.05) is 18.2 Å². The summed E-state index contributed by atoms with van der Waals surface area (Å²) in [5.74, 6) is 0. The van der Waals surface area contributed by atoms with Gasteiger partial charge in [-0.25, -0.2) is 22.0 Å². The summed E-state index contributed by atoms with van der Waals surface area (Å²) in [4.78, 5) is 0.201. The van der Waals surface area contributed by atoms with Crippen molar-refractivity contribution in [2.75, 3.05) is 11.9 Å². The second-order valence-electron chi connectivity index (χ2n) is 5.71. The first-order valence-corrected chi connectivity index (χ1v) is 10.7. The number of nitrogens with one attached hydrogen (secondary N) is 1. The first-order valence-electron chi connectivity index (χ1n) is 7.58. The van der Waals surface area contributed by atoms with E-state index in [1.54, 1.807) is 30.3 Å². The highest BCUT2D eigenvalue weighted by molar-refractivity contribution is 7.92. The van der Waals surface area contributed by atoms with Crippen molar-refractivity contribution in [2.45, 2.75) is 27.7 Å². The molecule has 0 saturated carbocycles. The van der Waals surface area contributed by atoms with Gasteiger partial charge in [-0.2, -0.15) is 0 Å². The van der Waals surface area contributed by atoms with E-state index in [0.717, 1.165) is 0 Å². The third-order valence-corrected chi connectivity index (χ3v) is 6.89. The number of hydrogen-bond donors (Lipinski definition) is 2. The molecule has 1 aliphatic rings. The van der Waals surface area contributed by atoms with E-state index in [4.69, 9.17) is 9.88 Å². The van der Waals surface area contributed by atoms with Crippen molar-refractivity contribution in [3.05, 3.63) is 54.6 Å². The zero-order chi connectivity index (χ0) is 18.1. The molecule has 0 amide bonds. The molecule has 2 atom stereocenters. The second-order valence-corrected chi connectivity index (χ2v) is 9.29. The Balaban J connectivity index is 1.81. The highest BCUT2D eigenvalue weighted by Gasteiger charge is 2.39. The second kappa shape index (κ2) is 6.75. The van der Waals surface area contributed by atoms with Crippen LogP contribution in [0.2, 0.25) is 0 Å². The SMILES string of the molecule is NS(=O)(=O)c1ccc(NC2CCOC2S(=O)(=O)c2ccccc2)cc1. The lowest BCUT2D eigenvalue weighted by Crippen LogP contribution is -2.36. The summed E-state index contributed by atoms with van der Waals surface area (Å²) in [7, 11) is -7.41. The fourth-order valence-electron chi connectivity index (χ4n) is 2.71. The predicted molar refractivity (Wildman–Crippen MR) is 93.2 cm³/mol. The van der Waals surface area contributed by atoms with Crippen LogP contribution in [0.4, 0.5) is 5.69 Å². The van der Waals surface area contributed by atoms with Gasteiger partial charge in [0.2, 0.25) is 19.9 Å². The molecule has 1 saturated heterocycles. The first-order chi connectivity index (χ1) is 11.8. The summed E-state index contributed by atoms with van der Waals surface area (Å²) in [6.45, 7) is 0.323. The molecule has 1 fully saturated rings. The van der Waals surface area contributed by atoms with Gasteiger partial charge in [0.15, 0.2) is 5.44 Å². The molecule has 3 N–H and O–H groups in total. The van der Waals surface area contributed by atoms with Crippen molar-refractivity contribution in [3.63, 3.8) is 0 Å². The molecule has 0 spiro atoms. The van der Waals surface area contributed by atoms with E-state index in [-0.39, 0.29) is 9.79 Å². The van der Waals surface area contributed by atoms with Gasteiger partial charge in [-0.3, -0.25) is 0 Å². The van der Waals surface area contributed by atoms with E-state index in [0.29, 0.717) is 18.7 Å². The van der Waals surface area contributed by atoms with E-state index in [1.165, 1.54) is 24.3 Å². The number of benzene rings is 2. The van der Waals surface area contributed by atoms with Crippen molar-refractivity contribution in [1.29, 1.82) is 0 Å². The molecule has 9 heteroatoms. The van der Waals surface area contributed by atoms with Crippen LogP contribution in [0, 0.1) is 0 Å². The normalized spacial score (nSPS) is 21.2. The van der Waals surface area contributed by atoms with Crippen LogP contribution in [0.5, 0.6) is 0 Å². The molecule has 2 unspecified atom stereocenters. The van der Waals surface area contributed by atoms with E-state index in [2.05, 4.69) is 5.32 Å². The average Bonchev–Trinajstić information content (AvgIpc) is 3.04. The number of primary sulfonamides is 1. The summed E-state index contributed by atoms with van der Waals surface area (Å²) in [5.41, 5.74) is -0.413. The van der Waals surface area contributed by atoms with Crippen molar-refractivity contribution in [3.8, 4) is 0 Å². The van der Waals surface area contributed by atoms with Crippen molar-refractivity contribution >= 4 is 25.5 Å². The minimum Gasteiger partial charge on any atom is -0.379 e. The lowest BCUT2D eigenvalue weighted by molar-refractivity contribution is 0.162. The van der Waals surface area contributed by atoms with Gasteiger partial charge >= 0.3 is 0 Å². The van der Waals surface area contributed by atoms with Gasteiger partial charge in [-0.15, -0.1) is 0 Å². The Hall–Kier alpha value is -1.94. The van der Waals surface area contributed by atoms with Crippen LogP contribution in [0.3, 0.4) is 0 Å². The smallest absolute Gasteiger partial charge is 0.238 e. The Bertz CT molecular complexity index is 942. The van der Waals surface area contributed by atoms with Crippen LogP contribution < -0.4 is 10.5 Å². The summed E-state index contributed by atoms with van der Waals surface area (Å²) >= 11 is 0. The van der Waals surface area contributed by atoms with Gasteiger partial charge in [0, 0.05) is 5.69 Å². The van der Waals surface area contributed by atoms with Crippen LogP contribution in [-0.4, -0.2) is 34.9 Å². The van der Waals surface area contributed by atoms with Crippen LogP contribution in [0.25, 0.3) is 0 Å². The molecule has 3 rings (SSSR count).